The number of ether oxygens (including phenoxy) is 1. The molecule has 128 valence electrons. The Balaban J connectivity index is 2.24. The summed E-state index contributed by atoms with van der Waals surface area (Å²) in [5.41, 5.74) is 1.08. The van der Waals surface area contributed by atoms with Gasteiger partial charge in [0.25, 0.3) is 0 Å². The fourth-order valence-corrected chi connectivity index (χ4v) is 3.10. The lowest BCUT2D eigenvalue weighted by molar-refractivity contribution is 0.256. The van der Waals surface area contributed by atoms with E-state index in [4.69, 9.17) is 9.26 Å². The van der Waals surface area contributed by atoms with Crippen molar-refractivity contribution in [1.82, 2.24) is 0 Å². The Hall–Kier alpha value is -1.35. The van der Waals surface area contributed by atoms with Crippen LogP contribution in [-0.2, 0) is 9.09 Å². The molecule has 1 rings (SSSR count). The smallest absolute Gasteiger partial charge is 0.328 e. The van der Waals surface area contributed by atoms with Gasteiger partial charge in [0.05, 0.1) is 19.4 Å². The van der Waals surface area contributed by atoms with Gasteiger partial charge in [-0.3, -0.25) is 4.57 Å². The predicted octanol–water partition coefficient (Wildman–Crippen LogP) is 5.05. The summed E-state index contributed by atoms with van der Waals surface area (Å²) in [6.45, 7) is 6.52. The minimum atomic E-state index is -3.44. The fourth-order valence-electron chi connectivity index (χ4n) is 1.97. The van der Waals surface area contributed by atoms with Crippen LogP contribution in [0.3, 0.4) is 0 Å². The molecule has 4 nitrogen and oxygen atoms in total. The van der Waals surface area contributed by atoms with Gasteiger partial charge < -0.3 is 14.2 Å². The third kappa shape index (κ3) is 9.39. The molecule has 0 aliphatic carbocycles. The molecule has 1 atom stereocenters. The van der Waals surface area contributed by atoms with E-state index in [1.165, 1.54) is 0 Å². The van der Waals surface area contributed by atoms with Crippen molar-refractivity contribution in [3.05, 3.63) is 48.6 Å². The van der Waals surface area contributed by atoms with E-state index >= 15 is 0 Å². The molecule has 0 aliphatic rings. The standard InChI is InChI=1S/C18H27O4P/c1-3-5-8-15-22-23(19,20)16-9-6-7-10-17-11-13-18(14-12-17)21-4-2/h3,7,10-14H,1,4-6,8-9,15-16H2,2H3,(H,19,20). The predicted molar refractivity (Wildman–Crippen MR) is 96.0 cm³/mol. The second kappa shape index (κ2) is 11.2. The fraction of sp³-hybridized carbons (Fsp3) is 0.444. The number of hydrogen-bond acceptors (Lipinski definition) is 3. The van der Waals surface area contributed by atoms with Crippen molar-refractivity contribution in [3.8, 4) is 5.75 Å². The third-order valence-electron chi connectivity index (χ3n) is 3.16. The molecule has 1 aromatic carbocycles. The van der Waals surface area contributed by atoms with Gasteiger partial charge in [0, 0.05) is 0 Å². The molecule has 1 unspecified atom stereocenters. The summed E-state index contributed by atoms with van der Waals surface area (Å²) in [6.07, 6.45) is 8.87. The minimum Gasteiger partial charge on any atom is -0.494 e. The number of rotatable bonds is 12. The van der Waals surface area contributed by atoms with Crippen LogP contribution in [0.4, 0.5) is 0 Å². The van der Waals surface area contributed by atoms with Crippen LogP contribution in [0.2, 0.25) is 0 Å². The monoisotopic (exact) mass is 338 g/mol. The Bertz CT molecular complexity index is 522. The van der Waals surface area contributed by atoms with Crippen LogP contribution in [-0.4, -0.2) is 24.3 Å². The van der Waals surface area contributed by atoms with Gasteiger partial charge in [-0.15, -0.1) is 6.58 Å². The van der Waals surface area contributed by atoms with E-state index in [0.717, 1.165) is 30.6 Å². The van der Waals surface area contributed by atoms with E-state index in [1.807, 2.05) is 43.3 Å². The molecule has 0 heterocycles. The summed E-state index contributed by atoms with van der Waals surface area (Å²) in [5.74, 6) is 0.861. The lowest BCUT2D eigenvalue weighted by Crippen LogP contribution is -1.96. The van der Waals surface area contributed by atoms with Gasteiger partial charge in [0.1, 0.15) is 5.75 Å². The highest BCUT2D eigenvalue weighted by Gasteiger charge is 2.17. The Morgan fingerprint density at radius 1 is 1.22 bits per heavy atom. The number of hydrogen-bond donors (Lipinski definition) is 1. The minimum absolute atomic E-state index is 0.189. The van der Waals surface area contributed by atoms with E-state index < -0.39 is 7.60 Å². The van der Waals surface area contributed by atoms with Crippen molar-refractivity contribution >= 4 is 13.7 Å². The van der Waals surface area contributed by atoms with Crippen molar-refractivity contribution in [1.29, 1.82) is 0 Å². The molecule has 1 N–H and O–H groups in total. The quantitative estimate of drug-likeness (QED) is 0.329. The summed E-state index contributed by atoms with van der Waals surface area (Å²) in [5, 5.41) is 0. The first-order valence-electron chi connectivity index (χ1n) is 8.04. The molecular weight excluding hydrogens is 311 g/mol. The SMILES string of the molecule is C=CCCCOP(=O)(O)CCCC=Cc1ccc(OCC)cc1. The highest BCUT2D eigenvalue weighted by Crippen LogP contribution is 2.42. The maximum Gasteiger partial charge on any atom is 0.328 e. The Kier molecular flexibility index (Phi) is 9.61. The molecule has 0 aromatic heterocycles. The molecule has 0 aliphatic heterocycles. The molecule has 1 aromatic rings. The maximum atomic E-state index is 11.8. The zero-order chi connectivity index (χ0) is 17.0. The van der Waals surface area contributed by atoms with Crippen LogP contribution in [0.25, 0.3) is 6.08 Å². The topological polar surface area (TPSA) is 55.8 Å². The van der Waals surface area contributed by atoms with Crippen molar-refractivity contribution in [2.24, 2.45) is 0 Å². The lowest BCUT2D eigenvalue weighted by Gasteiger charge is -2.10. The Labute approximate surface area is 139 Å². The van der Waals surface area contributed by atoms with Gasteiger partial charge in [0.2, 0.25) is 0 Å². The van der Waals surface area contributed by atoms with Crippen molar-refractivity contribution in [3.63, 3.8) is 0 Å². The summed E-state index contributed by atoms with van der Waals surface area (Å²) in [6, 6.07) is 7.84. The molecule has 0 fully saturated rings. The zero-order valence-corrected chi connectivity index (χ0v) is 14.7. The Morgan fingerprint density at radius 3 is 2.61 bits per heavy atom. The summed E-state index contributed by atoms with van der Waals surface area (Å²) in [7, 11) is -3.44. The second-order valence-electron chi connectivity index (χ2n) is 5.17. The van der Waals surface area contributed by atoms with Gasteiger partial charge in [-0.1, -0.05) is 30.4 Å². The third-order valence-corrected chi connectivity index (χ3v) is 4.63. The van der Waals surface area contributed by atoms with Crippen molar-refractivity contribution in [2.75, 3.05) is 19.4 Å². The molecular formula is C18H27O4P. The zero-order valence-electron chi connectivity index (χ0n) is 13.8. The first-order chi connectivity index (χ1) is 11.1. The largest absolute Gasteiger partial charge is 0.494 e. The lowest BCUT2D eigenvalue weighted by atomic mass is 10.2. The molecule has 0 bridgehead atoms. The van der Waals surface area contributed by atoms with E-state index in [2.05, 4.69) is 6.58 Å². The van der Waals surface area contributed by atoms with Gasteiger partial charge in [-0.05, 0) is 50.3 Å². The molecule has 0 amide bonds. The van der Waals surface area contributed by atoms with Crippen molar-refractivity contribution < 1.29 is 18.7 Å². The van der Waals surface area contributed by atoms with Crippen LogP contribution in [0, 0.1) is 0 Å². The maximum absolute atomic E-state index is 11.8. The Morgan fingerprint density at radius 2 is 1.96 bits per heavy atom. The number of allylic oxidation sites excluding steroid dienone is 2. The molecule has 0 radical (unpaired) electrons. The normalized spacial score (nSPS) is 13.8. The van der Waals surface area contributed by atoms with E-state index in [0.29, 0.717) is 19.6 Å². The summed E-state index contributed by atoms with van der Waals surface area (Å²) in [4.78, 5) is 9.68. The highest BCUT2D eigenvalue weighted by atomic mass is 31.2. The van der Waals surface area contributed by atoms with Gasteiger partial charge in [-0.25, -0.2) is 0 Å². The highest BCUT2D eigenvalue weighted by molar-refractivity contribution is 7.52. The van der Waals surface area contributed by atoms with Crippen LogP contribution in [0.15, 0.2) is 43.0 Å². The van der Waals surface area contributed by atoms with Crippen LogP contribution in [0.5, 0.6) is 5.75 Å². The molecule has 0 spiro atoms. The number of unbranched alkanes of at least 4 members (excludes halogenated alkanes) is 2. The summed E-state index contributed by atoms with van der Waals surface area (Å²) < 4.78 is 22.2. The molecule has 5 heteroatoms. The molecule has 0 saturated heterocycles. The molecule has 23 heavy (non-hydrogen) atoms. The van der Waals surface area contributed by atoms with Crippen molar-refractivity contribution in [2.45, 2.75) is 32.6 Å². The van der Waals surface area contributed by atoms with Crippen LogP contribution in [0.1, 0.15) is 38.2 Å². The first kappa shape index (κ1) is 19.7. The van der Waals surface area contributed by atoms with E-state index in [1.54, 1.807) is 6.08 Å². The van der Waals surface area contributed by atoms with Gasteiger partial charge in [-0.2, -0.15) is 0 Å². The summed E-state index contributed by atoms with van der Waals surface area (Å²) >= 11 is 0. The second-order valence-corrected chi connectivity index (χ2v) is 7.15. The average molecular weight is 338 g/mol. The van der Waals surface area contributed by atoms with Gasteiger partial charge >= 0.3 is 7.60 Å². The van der Waals surface area contributed by atoms with Crippen LogP contribution >= 0.6 is 7.60 Å². The average Bonchev–Trinajstić information content (AvgIpc) is 2.53. The number of benzene rings is 1. The molecule has 0 saturated carbocycles. The van der Waals surface area contributed by atoms with E-state index in [-0.39, 0.29) is 6.16 Å². The van der Waals surface area contributed by atoms with Crippen LogP contribution < -0.4 is 4.74 Å². The van der Waals surface area contributed by atoms with E-state index in [9.17, 15) is 9.46 Å². The van der Waals surface area contributed by atoms with Gasteiger partial charge in [0.15, 0.2) is 0 Å². The first-order valence-corrected chi connectivity index (χ1v) is 9.80.